The lowest BCUT2D eigenvalue weighted by Crippen LogP contribution is -2.25. The minimum absolute atomic E-state index is 0.00305. The Morgan fingerprint density at radius 2 is 1.44 bits per heavy atom. The Bertz CT molecular complexity index is 1510. The number of hydrogen-bond donors (Lipinski definition) is 0. The molecule has 202 valence electrons. The molecule has 0 aliphatic carbocycles. The van der Waals surface area contributed by atoms with Gasteiger partial charge in [-0.2, -0.15) is 18.3 Å². The first-order valence-electron chi connectivity index (χ1n) is 12.1. The van der Waals surface area contributed by atoms with E-state index in [1.54, 1.807) is 42.2 Å². The second-order valence-electron chi connectivity index (χ2n) is 8.69. The van der Waals surface area contributed by atoms with Gasteiger partial charge in [-0.15, -0.1) is 10.2 Å². The van der Waals surface area contributed by atoms with E-state index in [0.29, 0.717) is 32.2 Å². The zero-order valence-corrected chi connectivity index (χ0v) is 22.7. The largest absolute Gasteiger partial charge is 0.471 e. The van der Waals surface area contributed by atoms with Crippen LogP contribution in [0.2, 0.25) is 10.0 Å². The maximum Gasteiger partial charge on any atom is 0.416 e. The number of alkyl halides is 3. The zero-order chi connectivity index (χ0) is 28.0. The summed E-state index contributed by atoms with van der Waals surface area (Å²) in [5.41, 5.74) is 3.19. The number of unbranched alkanes of at least 4 members (excludes halogenated alkanes) is 1. The molecule has 10 heteroatoms. The van der Waals surface area contributed by atoms with E-state index in [1.807, 2.05) is 31.2 Å². The monoisotopic (exact) mass is 572 g/mol. The Balaban J connectivity index is 1.89. The number of ether oxygens (including phenoxy) is 1. The number of halogens is 5. The van der Waals surface area contributed by atoms with Crippen molar-refractivity contribution in [2.24, 2.45) is 17.3 Å². The third-order valence-corrected chi connectivity index (χ3v) is 6.31. The highest BCUT2D eigenvalue weighted by Gasteiger charge is 2.30. The van der Waals surface area contributed by atoms with Crippen molar-refractivity contribution in [1.29, 1.82) is 0 Å². The molecule has 0 bridgehead atoms. The normalized spacial score (nSPS) is 12.3. The molecule has 0 aliphatic heterocycles. The van der Waals surface area contributed by atoms with Crippen LogP contribution < -0.4 is 10.2 Å². The van der Waals surface area contributed by atoms with E-state index in [4.69, 9.17) is 27.9 Å². The topological polar surface area (TPSA) is 51.8 Å². The maximum absolute atomic E-state index is 13.0. The highest BCUT2D eigenvalue weighted by atomic mass is 35.5. The molecule has 4 aromatic rings. The number of hydrogen-bond acceptors (Lipinski definition) is 4. The Hall–Kier alpha value is -3.62. The molecule has 0 saturated heterocycles. The van der Waals surface area contributed by atoms with Crippen molar-refractivity contribution >= 4 is 29.4 Å². The van der Waals surface area contributed by atoms with Gasteiger partial charge in [0.1, 0.15) is 6.61 Å². The summed E-state index contributed by atoms with van der Waals surface area (Å²) < 4.78 is 46.7. The van der Waals surface area contributed by atoms with Gasteiger partial charge in [0.25, 0.3) is 0 Å². The third-order valence-electron chi connectivity index (χ3n) is 5.81. The SMILES string of the molecule is CCC/C=N/N=c1/c(-c2ccc(Cl)cc2)c(-c2ccc(Cl)cc2)c(OCc2ccc(C(F)(F)F)cc2)nn1C. The molecule has 0 N–H and O–H groups in total. The van der Waals surface area contributed by atoms with Crippen molar-refractivity contribution in [3.63, 3.8) is 0 Å². The highest BCUT2D eigenvalue weighted by Crippen LogP contribution is 2.37. The quantitative estimate of drug-likeness (QED) is 0.157. The van der Waals surface area contributed by atoms with Gasteiger partial charge in [-0.1, -0.05) is 72.9 Å². The molecule has 0 fully saturated rings. The van der Waals surface area contributed by atoms with Crippen LogP contribution in [0.3, 0.4) is 0 Å². The van der Waals surface area contributed by atoms with Gasteiger partial charge >= 0.3 is 6.18 Å². The number of rotatable bonds is 8. The van der Waals surface area contributed by atoms with Crippen LogP contribution in [0.5, 0.6) is 5.88 Å². The average Bonchev–Trinajstić information content (AvgIpc) is 2.91. The number of aromatic nitrogens is 2. The number of nitrogens with zero attached hydrogens (tertiary/aromatic N) is 4. The molecule has 0 aliphatic rings. The molecule has 4 rings (SSSR count). The summed E-state index contributed by atoms with van der Waals surface area (Å²) in [6.45, 7) is 2.05. The van der Waals surface area contributed by atoms with Gasteiger partial charge in [-0.05, 0) is 59.5 Å². The fraction of sp³-hybridized carbons (Fsp3) is 0.207. The first kappa shape index (κ1) is 28.4. The molecular formula is C29H25Cl2F3N4O. The lowest BCUT2D eigenvalue weighted by atomic mass is 9.96. The van der Waals surface area contributed by atoms with E-state index in [2.05, 4.69) is 15.3 Å². The van der Waals surface area contributed by atoms with Crippen molar-refractivity contribution in [1.82, 2.24) is 9.78 Å². The van der Waals surface area contributed by atoms with Gasteiger partial charge in [-0.25, -0.2) is 4.68 Å². The standard InChI is InChI=1S/C29H25Cl2F3N4O/c1-3-4-17-35-36-27-25(20-7-13-23(30)14-8-20)26(21-9-15-24(31)16-10-21)28(37-38(27)2)39-18-19-5-11-22(12-6-19)29(32,33)34/h5-17H,3-4,18H2,1-2H3/b35-17+,36-27-. The van der Waals surface area contributed by atoms with E-state index in [0.717, 1.165) is 36.1 Å². The molecule has 0 unspecified atom stereocenters. The van der Waals surface area contributed by atoms with Crippen molar-refractivity contribution < 1.29 is 17.9 Å². The molecule has 0 amide bonds. The van der Waals surface area contributed by atoms with Crippen LogP contribution in [-0.4, -0.2) is 16.0 Å². The van der Waals surface area contributed by atoms with Crippen LogP contribution >= 0.6 is 23.2 Å². The van der Waals surface area contributed by atoms with Crippen molar-refractivity contribution in [3.8, 4) is 28.1 Å². The molecule has 0 radical (unpaired) electrons. The second-order valence-corrected chi connectivity index (χ2v) is 9.56. The molecule has 0 atom stereocenters. The minimum atomic E-state index is -4.41. The molecule has 1 heterocycles. The lowest BCUT2D eigenvalue weighted by molar-refractivity contribution is -0.137. The third kappa shape index (κ3) is 7.07. The predicted octanol–water partition coefficient (Wildman–Crippen LogP) is 8.35. The summed E-state index contributed by atoms with van der Waals surface area (Å²) >= 11 is 12.3. The number of benzene rings is 3. The summed E-state index contributed by atoms with van der Waals surface area (Å²) in [6.07, 6.45) is -0.971. The summed E-state index contributed by atoms with van der Waals surface area (Å²) in [5.74, 6) is 0.265. The summed E-state index contributed by atoms with van der Waals surface area (Å²) in [5, 5.41) is 14.5. The Labute approximate surface area is 234 Å². The predicted molar refractivity (Wildman–Crippen MR) is 149 cm³/mol. The van der Waals surface area contributed by atoms with Gasteiger partial charge in [0, 0.05) is 28.9 Å². The average molecular weight is 573 g/mol. The van der Waals surface area contributed by atoms with E-state index >= 15 is 0 Å². The van der Waals surface area contributed by atoms with Crippen LogP contribution in [-0.2, 0) is 19.8 Å². The van der Waals surface area contributed by atoms with E-state index < -0.39 is 11.7 Å². The summed E-state index contributed by atoms with van der Waals surface area (Å²) in [4.78, 5) is 0. The van der Waals surface area contributed by atoms with E-state index in [1.165, 1.54) is 12.1 Å². The molecule has 0 spiro atoms. The summed E-state index contributed by atoms with van der Waals surface area (Å²) in [7, 11) is 1.73. The molecule has 5 nitrogen and oxygen atoms in total. The van der Waals surface area contributed by atoms with Gasteiger partial charge < -0.3 is 4.74 Å². The van der Waals surface area contributed by atoms with Crippen LogP contribution in [0.25, 0.3) is 22.3 Å². The van der Waals surface area contributed by atoms with Crippen molar-refractivity contribution in [3.05, 3.63) is 99.5 Å². The van der Waals surface area contributed by atoms with Gasteiger partial charge in [0.2, 0.25) is 5.88 Å². The zero-order valence-electron chi connectivity index (χ0n) is 21.2. The second kappa shape index (κ2) is 12.5. The molecular weight excluding hydrogens is 548 g/mol. The Kier molecular flexibility index (Phi) is 9.09. The van der Waals surface area contributed by atoms with Crippen LogP contribution in [0.4, 0.5) is 13.2 Å². The minimum Gasteiger partial charge on any atom is -0.471 e. The van der Waals surface area contributed by atoms with Crippen LogP contribution in [0.1, 0.15) is 30.9 Å². The fourth-order valence-electron chi connectivity index (χ4n) is 3.83. The first-order valence-corrected chi connectivity index (χ1v) is 12.9. The Morgan fingerprint density at radius 1 is 0.872 bits per heavy atom. The van der Waals surface area contributed by atoms with Crippen LogP contribution in [0, 0.1) is 0 Å². The maximum atomic E-state index is 13.0. The molecule has 1 aromatic heterocycles. The van der Waals surface area contributed by atoms with E-state index in [-0.39, 0.29) is 12.5 Å². The molecule has 3 aromatic carbocycles. The molecule has 0 saturated carbocycles. The van der Waals surface area contributed by atoms with Crippen molar-refractivity contribution in [2.75, 3.05) is 0 Å². The van der Waals surface area contributed by atoms with Gasteiger partial charge in [0.15, 0.2) is 5.49 Å². The highest BCUT2D eigenvalue weighted by molar-refractivity contribution is 6.31. The van der Waals surface area contributed by atoms with Crippen LogP contribution in [0.15, 0.2) is 83.0 Å². The van der Waals surface area contributed by atoms with Gasteiger partial charge in [0.05, 0.1) is 11.1 Å². The Morgan fingerprint density at radius 3 is 1.97 bits per heavy atom. The lowest BCUT2D eigenvalue weighted by Gasteiger charge is -2.18. The smallest absolute Gasteiger partial charge is 0.416 e. The summed E-state index contributed by atoms with van der Waals surface area (Å²) in [6, 6.07) is 19.3. The first-order chi connectivity index (χ1) is 18.7. The molecule has 39 heavy (non-hydrogen) atoms. The van der Waals surface area contributed by atoms with Gasteiger partial charge in [-0.3, -0.25) is 0 Å². The van der Waals surface area contributed by atoms with E-state index in [9.17, 15) is 13.2 Å². The number of aryl methyl sites for hydroxylation is 1. The van der Waals surface area contributed by atoms with Crippen molar-refractivity contribution in [2.45, 2.75) is 32.5 Å². The fourth-order valence-corrected chi connectivity index (χ4v) is 4.08.